The predicted octanol–water partition coefficient (Wildman–Crippen LogP) is 4.41. The monoisotopic (exact) mass is 433 g/mol. The van der Waals surface area contributed by atoms with Crippen molar-refractivity contribution in [3.63, 3.8) is 0 Å². The maximum Gasteiger partial charge on any atom is 0.407 e. The Balaban J connectivity index is 4.61. The SMILES string of the molecule is CCC(C)(C)OC(=O)NCC(O[SiH2]CC(C)(C)C[Si](C)(C)C(C)(C)C)C(=O)O. The average molecular weight is 434 g/mol. The Hall–Kier alpha value is -0.866. The number of nitrogens with one attached hydrogen (secondary N) is 1. The van der Waals surface area contributed by atoms with Gasteiger partial charge in [0, 0.05) is 0 Å². The van der Waals surface area contributed by atoms with Crippen LogP contribution in [-0.4, -0.2) is 53.3 Å². The third-order valence-electron chi connectivity index (χ3n) is 5.98. The van der Waals surface area contributed by atoms with Crippen molar-refractivity contribution in [2.24, 2.45) is 5.41 Å². The third kappa shape index (κ3) is 10.1. The molecule has 0 aliphatic heterocycles. The lowest BCUT2D eigenvalue weighted by Crippen LogP contribution is -2.43. The number of amides is 1. The highest BCUT2D eigenvalue weighted by Crippen LogP contribution is 2.44. The van der Waals surface area contributed by atoms with Crippen LogP contribution in [0.15, 0.2) is 0 Å². The van der Waals surface area contributed by atoms with E-state index in [-0.39, 0.29) is 12.0 Å². The number of rotatable bonds is 11. The molecule has 0 aromatic heterocycles. The number of alkyl carbamates (subject to hydrolysis) is 1. The van der Waals surface area contributed by atoms with Gasteiger partial charge >= 0.3 is 12.1 Å². The summed E-state index contributed by atoms with van der Waals surface area (Å²) in [5.41, 5.74) is -0.442. The van der Waals surface area contributed by atoms with Gasteiger partial charge in [0.1, 0.15) is 5.60 Å². The molecule has 28 heavy (non-hydrogen) atoms. The Morgan fingerprint density at radius 3 is 2.07 bits per heavy atom. The molecule has 0 radical (unpaired) electrons. The molecular weight excluding hydrogens is 390 g/mol. The Morgan fingerprint density at radius 2 is 1.64 bits per heavy atom. The van der Waals surface area contributed by atoms with E-state index in [1.807, 2.05) is 20.8 Å². The van der Waals surface area contributed by atoms with Gasteiger partial charge < -0.3 is 19.6 Å². The van der Waals surface area contributed by atoms with Gasteiger partial charge in [-0.25, -0.2) is 9.59 Å². The quantitative estimate of drug-likeness (QED) is 0.472. The van der Waals surface area contributed by atoms with Crippen LogP contribution in [-0.2, 0) is 14.0 Å². The maximum absolute atomic E-state index is 11.9. The van der Waals surface area contributed by atoms with Gasteiger partial charge in [-0.3, -0.25) is 0 Å². The molecule has 166 valence electrons. The first-order valence-electron chi connectivity index (χ1n) is 10.2. The summed E-state index contributed by atoms with van der Waals surface area (Å²) in [4.78, 5) is 23.3. The molecule has 0 heterocycles. The molecule has 0 bridgehead atoms. The lowest BCUT2D eigenvalue weighted by Gasteiger charge is -2.42. The Morgan fingerprint density at radius 1 is 1.11 bits per heavy atom. The minimum absolute atomic E-state index is 0.0797. The van der Waals surface area contributed by atoms with Crippen LogP contribution in [0.5, 0.6) is 0 Å². The summed E-state index contributed by atoms with van der Waals surface area (Å²) < 4.78 is 11.0. The molecule has 0 aromatic carbocycles. The highest BCUT2D eigenvalue weighted by Gasteiger charge is 2.39. The second-order valence-electron chi connectivity index (χ2n) is 10.8. The molecule has 1 atom stereocenters. The van der Waals surface area contributed by atoms with Gasteiger partial charge in [0.25, 0.3) is 0 Å². The maximum atomic E-state index is 11.9. The Labute approximate surface area is 175 Å². The molecule has 6 nitrogen and oxygen atoms in total. The van der Waals surface area contributed by atoms with E-state index >= 15 is 0 Å². The fourth-order valence-electron chi connectivity index (χ4n) is 2.78. The summed E-state index contributed by atoms with van der Waals surface area (Å²) in [7, 11) is -2.45. The molecule has 1 amide bonds. The van der Waals surface area contributed by atoms with Crippen molar-refractivity contribution in [1.29, 1.82) is 0 Å². The van der Waals surface area contributed by atoms with Gasteiger partial charge in [0.15, 0.2) is 15.9 Å². The standard InChI is InChI=1S/C20H43NO5Si2/c1-11-20(7,8)25-17(24)21-12-15(16(22)23)26-27-13-19(5,6)14-28(9,10)18(2,3)4/h15H,11-14,27H2,1-10H3,(H,21,24)(H,22,23). The summed E-state index contributed by atoms with van der Waals surface area (Å²) in [5, 5.41) is 12.2. The molecule has 0 rings (SSSR count). The number of ether oxygens (including phenoxy) is 1. The first kappa shape index (κ1) is 27.1. The number of aliphatic carboxylic acids is 1. The second kappa shape index (κ2) is 10.2. The van der Waals surface area contributed by atoms with Crippen molar-refractivity contribution in [3.05, 3.63) is 0 Å². The number of hydrogen-bond donors (Lipinski definition) is 2. The van der Waals surface area contributed by atoms with Crippen LogP contribution in [0.3, 0.4) is 0 Å². The zero-order valence-corrected chi connectivity index (χ0v) is 22.1. The summed E-state index contributed by atoms with van der Waals surface area (Å²) in [6, 6.07) is 2.09. The molecular formula is C20H43NO5Si2. The van der Waals surface area contributed by atoms with E-state index in [1.54, 1.807) is 0 Å². The molecule has 1 unspecified atom stereocenters. The molecule has 0 aliphatic rings. The van der Waals surface area contributed by atoms with Crippen molar-refractivity contribution >= 4 is 29.9 Å². The van der Waals surface area contributed by atoms with E-state index in [4.69, 9.17) is 9.16 Å². The number of carboxylic acid groups (broad SMARTS) is 1. The van der Waals surface area contributed by atoms with Crippen molar-refractivity contribution in [3.8, 4) is 0 Å². The Bertz CT molecular complexity index is 527. The molecule has 2 N–H and O–H groups in total. The molecule has 0 aromatic rings. The smallest absolute Gasteiger partial charge is 0.407 e. The molecule has 0 spiro atoms. The van der Waals surface area contributed by atoms with Crippen LogP contribution >= 0.6 is 0 Å². The van der Waals surface area contributed by atoms with Crippen LogP contribution in [0.4, 0.5) is 4.79 Å². The van der Waals surface area contributed by atoms with Crippen LogP contribution in [0.1, 0.15) is 61.8 Å². The van der Waals surface area contributed by atoms with Crippen LogP contribution in [0.25, 0.3) is 0 Å². The summed E-state index contributed by atoms with van der Waals surface area (Å²) >= 11 is 0. The molecule has 0 saturated heterocycles. The van der Waals surface area contributed by atoms with Gasteiger partial charge in [-0.05, 0) is 36.8 Å². The van der Waals surface area contributed by atoms with E-state index in [0.717, 1.165) is 6.04 Å². The number of carbonyl (C=O) groups is 2. The highest BCUT2D eigenvalue weighted by molar-refractivity contribution is 6.80. The average Bonchev–Trinajstić information content (AvgIpc) is 2.47. The Kier molecular flexibility index (Phi) is 9.93. The number of carboxylic acids is 1. The van der Waals surface area contributed by atoms with Gasteiger partial charge in [-0.1, -0.05) is 60.7 Å². The van der Waals surface area contributed by atoms with Crippen LogP contribution < -0.4 is 5.32 Å². The zero-order chi connectivity index (χ0) is 22.4. The first-order chi connectivity index (χ1) is 12.4. The fourth-order valence-corrected chi connectivity index (χ4v) is 7.63. The number of hydrogen-bond acceptors (Lipinski definition) is 4. The van der Waals surface area contributed by atoms with Crippen LogP contribution in [0, 0.1) is 5.41 Å². The van der Waals surface area contributed by atoms with E-state index in [1.165, 1.54) is 6.04 Å². The molecule has 0 fully saturated rings. The summed E-state index contributed by atoms with van der Waals surface area (Å²) in [6.07, 6.45) is -0.954. The summed E-state index contributed by atoms with van der Waals surface area (Å²) in [5.74, 6) is -1.05. The van der Waals surface area contributed by atoms with Crippen LogP contribution in [0.2, 0.25) is 30.2 Å². The van der Waals surface area contributed by atoms with E-state index in [2.05, 4.69) is 53.0 Å². The second-order valence-corrected chi connectivity index (χ2v) is 17.7. The van der Waals surface area contributed by atoms with Gasteiger partial charge in [-0.2, -0.15) is 0 Å². The minimum Gasteiger partial charge on any atom is -0.479 e. The normalized spacial score (nSPS) is 14.9. The van der Waals surface area contributed by atoms with Crippen molar-refractivity contribution in [2.45, 2.75) is 104 Å². The summed E-state index contributed by atoms with van der Waals surface area (Å²) in [6.45, 7) is 21.8. The fraction of sp³-hybridized carbons (Fsp3) is 0.900. The van der Waals surface area contributed by atoms with Crippen molar-refractivity contribution < 1.29 is 23.9 Å². The minimum atomic E-state index is -1.42. The molecule has 0 aliphatic carbocycles. The topological polar surface area (TPSA) is 84.9 Å². The first-order valence-corrected chi connectivity index (χ1v) is 15.0. The zero-order valence-electron chi connectivity index (χ0n) is 19.7. The van der Waals surface area contributed by atoms with Crippen molar-refractivity contribution in [1.82, 2.24) is 5.32 Å². The van der Waals surface area contributed by atoms with Gasteiger partial charge in [0.2, 0.25) is 0 Å². The lowest BCUT2D eigenvalue weighted by atomic mass is 10.00. The highest BCUT2D eigenvalue weighted by atomic mass is 28.3. The lowest BCUT2D eigenvalue weighted by molar-refractivity contribution is -0.144. The van der Waals surface area contributed by atoms with Crippen molar-refractivity contribution in [2.75, 3.05) is 6.54 Å². The molecule has 0 saturated carbocycles. The predicted molar refractivity (Wildman–Crippen MR) is 120 cm³/mol. The van der Waals surface area contributed by atoms with E-state index in [0.29, 0.717) is 11.5 Å². The third-order valence-corrected chi connectivity index (χ3v) is 14.1. The largest absolute Gasteiger partial charge is 0.479 e. The number of carbonyl (C=O) groups excluding carboxylic acids is 1. The van der Waals surface area contributed by atoms with Gasteiger partial charge in [0.05, 0.1) is 14.6 Å². The van der Waals surface area contributed by atoms with E-state index < -0.39 is 41.6 Å². The molecule has 8 heteroatoms. The van der Waals surface area contributed by atoms with E-state index in [9.17, 15) is 14.7 Å². The van der Waals surface area contributed by atoms with Gasteiger partial charge in [-0.15, -0.1) is 0 Å².